The largest absolute Gasteiger partial charge is 0.396 e. The van der Waals surface area contributed by atoms with Gasteiger partial charge in [-0.3, -0.25) is 0 Å². The lowest BCUT2D eigenvalue weighted by Gasteiger charge is -2.26. The van der Waals surface area contributed by atoms with Gasteiger partial charge in [0.05, 0.1) is 12.7 Å². The van der Waals surface area contributed by atoms with E-state index in [1.807, 2.05) is 0 Å². The van der Waals surface area contributed by atoms with Crippen LogP contribution in [0.2, 0.25) is 0 Å². The summed E-state index contributed by atoms with van der Waals surface area (Å²) < 4.78 is 11.4. The highest BCUT2D eigenvalue weighted by atomic mass is 16.7. The second kappa shape index (κ2) is 5.10. The molecule has 1 saturated carbocycles. The molecular weight excluding hydrogens is 180 g/mol. The molecule has 2 fully saturated rings. The van der Waals surface area contributed by atoms with Crippen LogP contribution in [0.3, 0.4) is 0 Å². The van der Waals surface area contributed by atoms with E-state index in [4.69, 9.17) is 14.6 Å². The topological polar surface area (TPSA) is 38.7 Å². The van der Waals surface area contributed by atoms with Crippen LogP contribution in [0.15, 0.2) is 0 Å². The minimum absolute atomic E-state index is 0.0202. The molecule has 0 spiro atoms. The van der Waals surface area contributed by atoms with Crippen LogP contribution < -0.4 is 0 Å². The van der Waals surface area contributed by atoms with E-state index in [2.05, 4.69) is 0 Å². The van der Waals surface area contributed by atoms with Crippen LogP contribution in [-0.4, -0.2) is 30.7 Å². The van der Waals surface area contributed by atoms with Crippen molar-refractivity contribution in [2.45, 2.75) is 50.9 Å². The highest BCUT2D eigenvalue weighted by molar-refractivity contribution is 4.74. The molecule has 1 saturated heterocycles. The van der Waals surface area contributed by atoms with Gasteiger partial charge in [0.2, 0.25) is 0 Å². The van der Waals surface area contributed by atoms with E-state index >= 15 is 0 Å². The van der Waals surface area contributed by atoms with E-state index in [1.54, 1.807) is 0 Å². The van der Waals surface area contributed by atoms with Crippen molar-refractivity contribution in [2.75, 3.05) is 13.2 Å². The third-order valence-electron chi connectivity index (χ3n) is 3.26. The van der Waals surface area contributed by atoms with Gasteiger partial charge in [0, 0.05) is 12.5 Å². The first-order valence-electron chi connectivity index (χ1n) is 5.78. The number of hydrogen-bond acceptors (Lipinski definition) is 3. The van der Waals surface area contributed by atoms with Gasteiger partial charge in [0.25, 0.3) is 0 Å². The summed E-state index contributed by atoms with van der Waals surface area (Å²) in [7, 11) is 0. The van der Waals surface area contributed by atoms with E-state index in [0.717, 1.165) is 0 Å². The molecule has 2 unspecified atom stereocenters. The van der Waals surface area contributed by atoms with Gasteiger partial charge in [-0.05, 0) is 19.3 Å². The molecule has 0 bridgehead atoms. The van der Waals surface area contributed by atoms with Gasteiger partial charge in [-0.1, -0.05) is 19.3 Å². The summed E-state index contributed by atoms with van der Waals surface area (Å²) in [4.78, 5) is 0. The van der Waals surface area contributed by atoms with Crippen molar-refractivity contribution in [3.05, 3.63) is 0 Å². The third kappa shape index (κ3) is 2.47. The lowest BCUT2D eigenvalue weighted by molar-refractivity contribution is -0.106. The van der Waals surface area contributed by atoms with Gasteiger partial charge in [-0.15, -0.1) is 0 Å². The van der Waals surface area contributed by atoms with Gasteiger partial charge >= 0.3 is 0 Å². The summed E-state index contributed by atoms with van der Waals surface area (Å²) in [5.41, 5.74) is 0. The number of aliphatic hydroxyl groups excluding tert-OH is 1. The maximum absolute atomic E-state index is 8.79. The lowest BCUT2D eigenvalue weighted by atomic mass is 9.89. The first-order valence-corrected chi connectivity index (χ1v) is 5.78. The van der Waals surface area contributed by atoms with Crippen molar-refractivity contribution >= 4 is 0 Å². The zero-order valence-corrected chi connectivity index (χ0v) is 8.65. The standard InChI is InChI=1S/C11H20O3/c12-7-6-10-8-13-11(14-10)9-4-2-1-3-5-9/h9-12H,1-8H2. The molecule has 3 nitrogen and oxygen atoms in total. The Morgan fingerprint density at radius 3 is 2.64 bits per heavy atom. The summed E-state index contributed by atoms with van der Waals surface area (Å²) in [6.45, 7) is 0.868. The molecule has 2 aliphatic rings. The number of aliphatic hydroxyl groups is 1. The average molecular weight is 200 g/mol. The Labute approximate surface area is 85.4 Å². The van der Waals surface area contributed by atoms with Gasteiger partial charge in [0.1, 0.15) is 0 Å². The van der Waals surface area contributed by atoms with E-state index in [9.17, 15) is 0 Å². The van der Waals surface area contributed by atoms with Crippen molar-refractivity contribution in [1.82, 2.24) is 0 Å². The van der Waals surface area contributed by atoms with E-state index < -0.39 is 0 Å². The summed E-state index contributed by atoms with van der Waals surface area (Å²) >= 11 is 0. The van der Waals surface area contributed by atoms with Crippen LogP contribution in [0.4, 0.5) is 0 Å². The predicted molar refractivity (Wildman–Crippen MR) is 52.9 cm³/mol. The molecule has 0 amide bonds. The molecule has 82 valence electrons. The molecule has 0 aromatic carbocycles. The Morgan fingerprint density at radius 1 is 1.14 bits per heavy atom. The minimum atomic E-state index is 0.0202. The average Bonchev–Trinajstić information content (AvgIpc) is 2.68. The quantitative estimate of drug-likeness (QED) is 0.753. The maximum atomic E-state index is 8.79. The van der Waals surface area contributed by atoms with Crippen molar-refractivity contribution in [3.8, 4) is 0 Å². The fourth-order valence-corrected chi connectivity index (χ4v) is 2.42. The van der Waals surface area contributed by atoms with E-state index in [1.165, 1.54) is 32.1 Å². The zero-order chi connectivity index (χ0) is 9.80. The van der Waals surface area contributed by atoms with Gasteiger partial charge < -0.3 is 14.6 Å². The lowest BCUT2D eigenvalue weighted by Crippen LogP contribution is -2.24. The van der Waals surface area contributed by atoms with Crippen LogP contribution in [0, 0.1) is 5.92 Å². The first-order chi connectivity index (χ1) is 6.90. The predicted octanol–water partition coefficient (Wildman–Crippen LogP) is 1.69. The Morgan fingerprint density at radius 2 is 1.93 bits per heavy atom. The Kier molecular flexibility index (Phi) is 3.79. The molecule has 14 heavy (non-hydrogen) atoms. The van der Waals surface area contributed by atoms with Gasteiger partial charge in [-0.25, -0.2) is 0 Å². The maximum Gasteiger partial charge on any atom is 0.160 e. The normalized spacial score (nSPS) is 34.9. The highest BCUT2D eigenvalue weighted by Gasteiger charge is 2.32. The first kappa shape index (κ1) is 10.4. The van der Waals surface area contributed by atoms with Gasteiger partial charge in [0.15, 0.2) is 6.29 Å². The number of ether oxygens (including phenoxy) is 2. The van der Waals surface area contributed by atoms with Crippen molar-refractivity contribution in [1.29, 1.82) is 0 Å². The van der Waals surface area contributed by atoms with Crippen molar-refractivity contribution in [3.63, 3.8) is 0 Å². The second-order valence-electron chi connectivity index (χ2n) is 4.37. The summed E-state index contributed by atoms with van der Waals surface area (Å²) in [5.74, 6) is 0.604. The molecule has 2 rings (SSSR count). The molecule has 0 radical (unpaired) electrons. The van der Waals surface area contributed by atoms with E-state index in [-0.39, 0.29) is 19.0 Å². The van der Waals surface area contributed by atoms with Gasteiger partial charge in [-0.2, -0.15) is 0 Å². The van der Waals surface area contributed by atoms with Crippen LogP contribution in [-0.2, 0) is 9.47 Å². The van der Waals surface area contributed by atoms with E-state index in [0.29, 0.717) is 18.9 Å². The smallest absolute Gasteiger partial charge is 0.160 e. The molecule has 3 heteroatoms. The number of rotatable bonds is 3. The molecule has 1 aliphatic heterocycles. The monoisotopic (exact) mass is 200 g/mol. The molecule has 2 atom stereocenters. The van der Waals surface area contributed by atoms with Crippen molar-refractivity contribution < 1.29 is 14.6 Å². The molecule has 0 aromatic heterocycles. The van der Waals surface area contributed by atoms with Crippen LogP contribution >= 0.6 is 0 Å². The van der Waals surface area contributed by atoms with Crippen molar-refractivity contribution in [2.24, 2.45) is 5.92 Å². The molecule has 0 aromatic rings. The molecule has 1 aliphatic carbocycles. The highest BCUT2D eigenvalue weighted by Crippen LogP contribution is 2.31. The van der Waals surface area contributed by atoms with Crippen LogP contribution in [0.1, 0.15) is 38.5 Å². The fourth-order valence-electron chi connectivity index (χ4n) is 2.42. The fraction of sp³-hybridized carbons (Fsp3) is 1.00. The Hall–Kier alpha value is -0.120. The molecule has 1 heterocycles. The minimum Gasteiger partial charge on any atom is -0.396 e. The summed E-state index contributed by atoms with van der Waals surface area (Å²) in [6.07, 6.45) is 7.36. The Bertz CT molecular complexity index is 166. The molecular formula is C11H20O3. The SMILES string of the molecule is OCCC1COC(C2CCCCC2)O1. The Balaban J connectivity index is 1.76. The second-order valence-corrected chi connectivity index (χ2v) is 4.37. The van der Waals surface area contributed by atoms with Crippen LogP contribution in [0.25, 0.3) is 0 Å². The summed E-state index contributed by atoms with van der Waals surface area (Å²) in [5, 5.41) is 8.79. The van der Waals surface area contributed by atoms with Crippen LogP contribution in [0.5, 0.6) is 0 Å². The molecule has 1 N–H and O–H groups in total. The summed E-state index contributed by atoms with van der Waals surface area (Å²) in [6, 6.07) is 0. The number of hydrogen-bond donors (Lipinski definition) is 1. The third-order valence-corrected chi connectivity index (χ3v) is 3.26. The zero-order valence-electron chi connectivity index (χ0n) is 8.65.